The van der Waals surface area contributed by atoms with Crippen LogP contribution in [0.25, 0.3) is 34.3 Å². The van der Waals surface area contributed by atoms with Gasteiger partial charge in [-0.05, 0) is 50.2 Å². The van der Waals surface area contributed by atoms with E-state index in [-0.39, 0.29) is 30.0 Å². The molecule has 370 valence electrons. The minimum Gasteiger partial charge on any atom is -0.378 e. The lowest BCUT2D eigenvalue weighted by molar-refractivity contribution is -0.140. The van der Waals surface area contributed by atoms with Crippen molar-refractivity contribution < 1.29 is 40.6 Å². The number of imidazole rings is 2. The maximum Gasteiger partial charge on any atom is 0.417 e. The molecule has 12 heterocycles. The van der Waals surface area contributed by atoms with Crippen molar-refractivity contribution in [2.75, 3.05) is 62.4 Å². The number of aromatic amines is 2. The molecular weight excluding hydrogens is 939 g/mol. The molecule has 12 rings (SSSR count). The summed E-state index contributed by atoms with van der Waals surface area (Å²) in [4.78, 5) is 43.1. The topological polar surface area (TPSA) is 201 Å². The average Bonchev–Trinajstić information content (AvgIpc) is 4.19. The van der Waals surface area contributed by atoms with Gasteiger partial charge in [0.05, 0.1) is 67.3 Å². The van der Waals surface area contributed by atoms with Gasteiger partial charge in [0.1, 0.15) is 47.5 Å². The van der Waals surface area contributed by atoms with Crippen molar-refractivity contribution in [3.63, 3.8) is 0 Å². The maximum atomic E-state index is 13.3. The van der Waals surface area contributed by atoms with Crippen molar-refractivity contribution in [1.82, 2.24) is 69.3 Å². The number of alkyl halides is 6. The Morgan fingerprint density at radius 1 is 0.634 bits per heavy atom. The van der Waals surface area contributed by atoms with Gasteiger partial charge in [-0.1, -0.05) is 0 Å². The molecular formula is C46H46F6N16O3. The van der Waals surface area contributed by atoms with Crippen LogP contribution in [0.1, 0.15) is 48.2 Å². The fraction of sp³-hybridized carbons (Fsp3) is 0.370. The van der Waals surface area contributed by atoms with E-state index in [1.54, 1.807) is 18.6 Å². The second-order valence-corrected chi connectivity index (χ2v) is 17.3. The summed E-state index contributed by atoms with van der Waals surface area (Å²) in [7, 11) is 0. The van der Waals surface area contributed by atoms with E-state index in [4.69, 9.17) is 9.72 Å². The Balaban J connectivity index is 0.000000150. The molecule has 4 aliphatic rings. The zero-order valence-corrected chi connectivity index (χ0v) is 38.1. The van der Waals surface area contributed by atoms with Gasteiger partial charge in [-0.2, -0.15) is 36.5 Å². The number of carbonyl (C=O) groups excluding carboxylic acids is 1. The Labute approximate surface area is 400 Å². The third-order valence-corrected chi connectivity index (χ3v) is 12.9. The van der Waals surface area contributed by atoms with Gasteiger partial charge in [-0.25, -0.2) is 29.9 Å². The number of piperazine rings is 2. The largest absolute Gasteiger partial charge is 0.417 e. The lowest BCUT2D eigenvalue weighted by Crippen LogP contribution is -2.61. The number of ether oxygens (including phenoxy) is 2. The van der Waals surface area contributed by atoms with E-state index in [0.29, 0.717) is 78.4 Å². The first kappa shape index (κ1) is 47.3. The van der Waals surface area contributed by atoms with Crippen LogP contribution in [0.3, 0.4) is 0 Å². The van der Waals surface area contributed by atoms with E-state index in [0.717, 1.165) is 61.8 Å². The van der Waals surface area contributed by atoms with Crippen LogP contribution in [-0.2, 0) is 26.6 Å². The van der Waals surface area contributed by atoms with Crippen LogP contribution in [0, 0.1) is 0 Å². The van der Waals surface area contributed by atoms with E-state index >= 15 is 0 Å². The molecule has 25 heteroatoms. The number of nitrogens with one attached hydrogen (secondary N) is 3. The third-order valence-electron chi connectivity index (χ3n) is 12.9. The summed E-state index contributed by atoms with van der Waals surface area (Å²) in [5, 5.41) is 17.4. The average molecular weight is 985 g/mol. The predicted molar refractivity (Wildman–Crippen MR) is 244 cm³/mol. The number of carbonyl (C=O) groups is 1. The molecule has 8 aromatic rings. The van der Waals surface area contributed by atoms with Gasteiger partial charge in [-0.15, -0.1) is 0 Å². The van der Waals surface area contributed by atoms with Crippen LogP contribution in [0.15, 0.2) is 98.4 Å². The number of pyridine rings is 2. The minimum absolute atomic E-state index is 0.0590. The first-order valence-corrected chi connectivity index (χ1v) is 22.6. The zero-order chi connectivity index (χ0) is 49.4. The van der Waals surface area contributed by atoms with E-state index < -0.39 is 23.5 Å². The second kappa shape index (κ2) is 19.4. The number of anilines is 2. The Morgan fingerprint density at radius 3 is 1.63 bits per heavy atom. The van der Waals surface area contributed by atoms with E-state index in [1.165, 1.54) is 33.3 Å². The highest BCUT2D eigenvalue weighted by Gasteiger charge is 2.42. The van der Waals surface area contributed by atoms with Crippen molar-refractivity contribution in [3.05, 3.63) is 121 Å². The molecule has 4 unspecified atom stereocenters. The number of H-pyrrole nitrogens is 2. The third kappa shape index (κ3) is 9.76. The lowest BCUT2D eigenvalue weighted by atomic mass is 9.95. The van der Waals surface area contributed by atoms with Gasteiger partial charge >= 0.3 is 12.4 Å². The van der Waals surface area contributed by atoms with Crippen LogP contribution in [0.2, 0.25) is 0 Å². The maximum absolute atomic E-state index is 13.3. The number of Topliss-reactive ketones (excluding diaryl/α,β-unsaturated/α-hetero) is 1. The molecule has 0 aromatic carbocycles. The summed E-state index contributed by atoms with van der Waals surface area (Å²) in [6.07, 6.45) is 6.81. The van der Waals surface area contributed by atoms with Crippen molar-refractivity contribution in [2.24, 2.45) is 0 Å². The molecule has 4 atom stereocenters. The molecule has 0 saturated carbocycles. The summed E-state index contributed by atoms with van der Waals surface area (Å²) in [6.45, 7) is 9.41. The fourth-order valence-corrected chi connectivity index (χ4v) is 9.18. The number of ketones is 1. The molecule has 0 spiro atoms. The summed E-state index contributed by atoms with van der Waals surface area (Å²) < 4.78 is 92.1. The molecule has 71 heavy (non-hydrogen) atoms. The highest BCUT2D eigenvalue weighted by Crippen LogP contribution is 2.37. The molecule has 19 nitrogen and oxygen atoms in total. The smallest absolute Gasteiger partial charge is 0.378 e. The molecule has 0 radical (unpaired) electrons. The molecule has 8 aromatic heterocycles. The Hall–Kier alpha value is -7.35. The van der Waals surface area contributed by atoms with Gasteiger partial charge in [-0.3, -0.25) is 28.7 Å². The molecule has 4 saturated heterocycles. The number of hydrogen-bond donors (Lipinski definition) is 3. The predicted octanol–water partition coefficient (Wildman–Crippen LogP) is 5.84. The normalized spacial score (nSPS) is 21.0. The molecule has 0 aliphatic carbocycles. The van der Waals surface area contributed by atoms with Crippen LogP contribution in [0.5, 0.6) is 0 Å². The lowest BCUT2D eigenvalue weighted by Gasteiger charge is -2.51. The Kier molecular flexibility index (Phi) is 13.0. The van der Waals surface area contributed by atoms with Crippen molar-refractivity contribution in [2.45, 2.75) is 56.4 Å². The highest BCUT2D eigenvalue weighted by molar-refractivity contribution is 5.84. The van der Waals surface area contributed by atoms with Crippen molar-refractivity contribution >= 4 is 28.7 Å². The highest BCUT2D eigenvalue weighted by atomic mass is 19.4. The number of halogens is 6. The Bertz CT molecular complexity index is 3100. The van der Waals surface area contributed by atoms with Crippen LogP contribution < -0.4 is 15.1 Å². The van der Waals surface area contributed by atoms with Crippen LogP contribution >= 0.6 is 0 Å². The molecule has 3 N–H and O–H groups in total. The SMILES string of the molecule is CC1C(c2cn[nH]c2)N(C2COC2)CCN1c1ccnc(-c2cnc3ccc(C(F)(F)F)cn23)n1.CC1C(c2cn[nH]c2)NCCN1c1ccnc(-c2cnc3ccc(C(F)(F)F)cn23)n1.O=C1COC1. The fourth-order valence-electron chi connectivity index (χ4n) is 9.18. The van der Waals surface area contributed by atoms with E-state index in [2.05, 4.69) is 83.9 Å². The summed E-state index contributed by atoms with van der Waals surface area (Å²) in [5.41, 5.74) is 2.22. The van der Waals surface area contributed by atoms with Gasteiger partial charge in [0.15, 0.2) is 17.4 Å². The quantitative estimate of drug-likeness (QED) is 0.161. The number of aromatic nitrogens is 12. The van der Waals surface area contributed by atoms with Gasteiger partial charge in [0.2, 0.25) is 0 Å². The van der Waals surface area contributed by atoms with Crippen molar-refractivity contribution in [3.8, 4) is 23.0 Å². The first-order chi connectivity index (χ1) is 34.2. The van der Waals surface area contributed by atoms with Crippen LogP contribution in [0.4, 0.5) is 38.0 Å². The molecule has 0 bridgehead atoms. The van der Waals surface area contributed by atoms with E-state index in [9.17, 15) is 31.1 Å². The Morgan fingerprint density at radius 2 is 1.17 bits per heavy atom. The molecule has 0 amide bonds. The second-order valence-electron chi connectivity index (χ2n) is 17.3. The number of rotatable bonds is 7. The number of fused-ring (bicyclic) bond motifs is 2. The number of hydrogen-bond acceptors (Lipinski definition) is 15. The standard InChI is InChI=1S/C23H23F3N8O.C20H19F3N8.C3H4O2/c1-14-21(15-8-29-30-9-15)33(17-12-35-13-17)7-6-32(14)20-4-5-27-22(31-20)18-10-28-19-3-2-16(11-34(18)19)23(24,25)26;1-12-18(13-8-27-28-9-13)24-6-7-30(12)17-4-5-25-19(29-17)15-10-26-16-3-2-14(11-31(15)16)20(21,22)23;4-3-1-5-2-3/h2-5,8-11,14,17,21H,6-7,12-13H2,1H3,(H,29,30);2-5,8-12,18,24H,6-7H2,1H3,(H,27,28);1-2H2. The van der Waals surface area contributed by atoms with E-state index in [1.807, 2.05) is 30.7 Å². The minimum atomic E-state index is -4.46. The van der Waals surface area contributed by atoms with Crippen molar-refractivity contribution in [1.29, 1.82) is 0 Å². The molecule has 4 fully saturated rings. The monoisotopic (exact) mass is 984 g/mol. The summed E-state index contributed by atoms with van der Waals surface area (Å²) >= 11 is 0. The zero-order valence-electron chi connectivity index (χ0n) is 38.1. The first-order valence-electron chi connectivity index (χ1n) is 22.6. The molecule has 4 aliphatic heterocycles. The summed E-state index contributed by atoms with van der Waals surface area (Å²) in [5.74, 6) is 2.26. The van der Waals surface area contributed by atoms with Gasteiger partial charge < -0.3 is 24.6 Å². The number of nitrogens with zero attached hydrogens (tertiary/aromatic N) is 13. The van der Waals surface area contributed by atoms with Gasteiger partial charge in [0.25, 0.3) is 0 Å². The van der Waals surface area contributed by atoms with Crippen LogP contribution in [-0.4, -0.2) is 141 Å². The van der Waals surface area contributed by atoms with Gasteiger partial charge in [0, 0.05) is 86.6 Å². The summed E-state index contributed by atoms with van der Waals surface area (Å²) in [6, 6.07) is 9.01.